The van der Waals surface area contributed by atoms with Gasteiger partial charge < -0.3 is 19.7 Å². The van der Waals surface area contributed by atoms with Crippen LogP contribution in [0, 0.1) is 15.9 Å². The van der Waals surface area contributed by atoms with Crippen LogP contribution >= 0.6 is 0 Å². The normalized spacial score (nSPS) is 15.7. The maximum atomic E-state index is 13.9. The number of likely N-dealkylation sites (N-methyl/N-ethyl adjacent to an activating group) is 1. The van der Waals surface area contributed by atoms with Crippen molar-refractivity contribution >= 4 is 28.2 Å². The molecule has 3 aromatic carbocycles. The van der Waals surface area contributed by atoms with Gasteiger partial charge >= 0.3 is 5.69 Å². The molecular weight excluding hydrogens is 465 g/mol. The number of rotatable bonds is 7. The van der Waals surface area contributed by atoms with Gasteiger partial charge in [0.25, 0.3) is 0 Å². The Morgan fingerprint density at radius 1 is 1.17 bits per heavy atom. The second-order valence-corrected chi connectivity index (χ2v) is 8.64. The second kappa shape index (κ2) is 9.74. The van der Waals surface area contributed by atoms with E-state index in [0.717, 1.165) is 23.9 Å². The highest BCUT2D eigenvalue weighted by Crippen LogP contribution is 2.40. The number of para-hydroxylation sites is 1. The number of halogens is 1. The third-order valence-corrected chi connectivity index (χ3v) is 6.11. The molecule has 1 aromatic heterocycles. The number of hydrogen-bond donors (Lipinski definition) is 1. The van der Waals surface area contributed by atoms with Crippen molar-refractivity contribution < 1.29 is 18.8 Å². The van der Waals surface area contributed by atoms with Crippen molar-refractivity contribution in [3.05, 3.63) is 76.7 Å². The Kier molecular flexibility index (Phi) is 6.34. The molecule has 1 atom stereocenters. The number of hydrogen-bond acceptors (Lipinski definition) is 8. The van der Waals surface area contributed by atoms with Crippen molar-refractivity contribution in [2.24, 2.45) is 0 Å². The summed E-state index contributed by atoms with van der Waals surface area (Å²) in [6.45, 7) is 1.56. The molecule has 1 N–H and O–H groups in total. The lowest BCUT2D eigenvalue weighted by Crippen LogP contribution is -2.21. The lowest BCUT2D eigenvalue weighted by atomic mass is 10.0. The van der Waals surface area contributed by atoms with Crippen molar-refractivity contribution in [3.63, 3.8) is 0 Å². The molecule has 0 spiro atoms. The van der Waals surface area contributed by atoms with E-state index in [1.807, 2.05) is 25.2 Å². The van der Waals surface area contributed by atoms with Gasteiger partial charge in [0.05, 0.1) is 23.2 Å². The maximum Gasteiger partial charge on any atom is 0.313 e. The molecule has 0 saturated carbocycles. The molecule has 0 amide bonds. The summed E-state index contributed by atoms with van der Waals surface area (Å²) in [5, 5.41) is 15.7. The molecule has 0 aliphatic carbocycles. The zero-order valence-corrected chi connectivity index (χ0v) is 19.8. The van der Waals surface area contributed by atoms with Gasteiger partial charge in [0.1, 0.15) is 17.7 Å². The topological polar surface area (TPSA) is 103 Å². The number of fused-ring (bicyclic) bond motifs is 1. The average Bonchev–Trinajstić information content (AvgIpc) is 3.28. The van der Waals surface area contributed by atoms with E-state index in [2.05, 4.69) is 20.2 Å². The third kappa shape index (κ3) is 4.76. The molecule has 36 heavy (non-hydrogen) atoms. The molecule has 2 heterocycles. The summed E-state index contributed by atoms with van der Waals surface area (Å²) in [6, 6.07) is 14.7. The van der Waals surface area contributed by atoms with Crippen LogP contribution in [0.5, 0.6) is 11.5 Å². The SMILES string of the molecule is COc1cc(OC2CCN(C)C2)c([N+](=O)[O-])cc1Nc1ncc2cccc(-c3cccc(F)c3)c2n1. The van der Waals surface area contributed by atoms with Gasteiger partial charge in [0.15, 0.2) is 0 Å². The molecule has 1 saturated heterocycles. The highest BCUT2D eigenvalue weighted by atomic mass is 19.1. The number of ether oxygens (including phenoxy) is 2. The Hall–Kier alpha value is -4.31. The van der Waals surface area contributed by atoms with Gasteiger partial charge in [-0.1, -0.05) is 30.3 Å². The number of nitro groups is 1. The molecule has 1 fully saturated rings. The van der Waals surface area contributed by atoms with Gasteiger partial charge in [0, 0.05) is 42.4 Å². The number of methoxy groups -OCH3 is 1. The van der Waals surface area contributed by atoms with Gasteiger partial charge in [-0.2, -0.15) is 0 Å². The number of nitrogens with one attached hydrogen (secondary N) is 1. The van der Waals surface area contributed by atoms with Crippen molar-refractivity contribution in [1.29, 1.82) is 0 Å². The fraction of sp³-hybridized carbons (Fsp3) is 0.231. The number of benzene rings is 3. The van der Waals surface area contributed by atoms with Crippen LogP contribution in [0.1, 0.15) is 6.42 Å². The largest absolute Gasteiger partial charge is 0.494 e. The minimum Gasteiger partial charge on any atom is -0.494 e. The van der Waals surface area contributed by atoms with Crippen LogP contribution in [0.15, 0.2) is 60.8 Å². The fourth-order valence-electron chi connectivity index (χ4n) is 4.35. The Labute approximate surface area is 206 Å². The van der Waals surface area contributed by atoms with E-state index in [0.29, 0.717) is 29.1 Å². The van der Waals surface area contributed by atoms with E-state index >= 15 is 0 Å². The van der Waals surface area contributed by atoms with Crippen LogP contribution in [0.3, 0.4) is 0 Å². The van der Waals surface area contributed by atoms with E-state index in [-0.39, 0.29) is 29.3 Å². The molecule has 9 nitrogen and oxygen atoms in total. The molecule has 0 radical (unpaired) electrons. The fourth-order valence-corrected chi connectivity index (χ4v) is 4.35. The molecule has 1 aliphatic rings. The van der Waals surface area contributed by atoms with E-state index in [1.54, 1.807) is 18.3 Å². The zero-order valence-electron chi connectivity index (χ0n) is 19.8. The summed E-state index contributed by atoms with van der Waals surface area (Å²) in [6.07, 6.45) is 2.29. The summed E-state index contributed by atoms with van der Waals surface area (Å²) in [4.78, 5) is 22.5. The van der Waals surface area contributed by atoms with E-state index < -0.39 is 4.92 Å². The highest BCUT2D eigenvalue weighted by molar-refractivity contribution is 5.94. The first-order chi connectivity index (χ1) is 17.4. The van der Waals surface area contributed by atoms with Crippen LogP contribution in [0.2, 0.25) is 0 Å². The summed E-state index contributed by atoms with van der Waals surface area (Å²) in [7, 11) is 3.46. The third-order valence-electron chi connectivity index (χ3n) is 6.11. The smallest absolute Gasteiger partial charge is 0.313 e. The summed E-state index contributed by atoms with van der Waals surface area (Å²) >= 11 is 0. The molecule has 5 rings (SSSR count). The lowest BCUT2D eigenvalue weighted by molar-refractivity contribution is -0.386. The van der Waals surface area contributed by atoms with Crippen molar-refractivity contribution in [2.45, 2.75) is 12.5 Å². The first-order valence-corrected chi connectivity index (χ1v) is 11.4. The van der Waals surface area contributed by atoms with Crippen molar-refractivity contribution in [1.82, 2.24) is 14.9 Å². The van der Waals surface area contributed by atoms with Crippen molar-refractivity contribution in [2.75, 3.05) is 32.6 Å². The van der Waals surface area contributed by atoms with Gasteiger partial charge in [0.2, 0.25) is 11.7 Å². The number of nitro benzene ring substituents is 1. The molecule has 1 aliphatic heterocycles. The monoisotopic (exact) mass is 489 g/mol. The number of nitrogens with zero attached hydrogens (tertiary/aromatic N) is 4. The van der Waals surface area contributed by atoms with Gasteiger partial charge in [-0.15, -0.1) is 0 Å². The van der Waals surface area contributed by atoms with Gasteiger partial charge in [-0.05, 0) is 31.2 Å². The highest BCUT2D eigenvalue weighted by Gasteiger charge is 2.27. The van der Waals surface area contributed by atoms with Crippen LogP contribution in [0.25, 0.3) is 22.0 Å². The lowest BCUT2D eigenvalue weighted by Gasteiger charge is -2.17. The van der Waals surface area contributed by atoms with Crippen molar-refractivity contribution in [3.8, 4) is 22.6 Å². The van der Waals surface area contributed by atoms with Crippen LogP contribution in [0.4, 0.5) is 21.7 Å². The zero-order chi connectivity index (χ0) is 25.2. The first kappa shape index (κ1) is 23.4. The van der Waals surface area contributed by atoms with Gasteiger partial charge in [-0.3, -0.25) is 10.1 Å². The van der Waals surface area contributed by atoms with Crippen LogP contribution in [-0.2, 0) is 0 Å². The van der Waals surface area contributed by atoms with E-state index in [4.69, 9.17) is 9.47 Å². The number of aromatic nitrogens is 2. The predicted molar refractivity (Wildman–Crippen MR) is 134 cm³/mol. The molecule has 4 aromatic rings. The second-order valence-electron chi connectivity index (χ2n) is 8.64. The van der Waals surface area contributed by atoms with Crippen LogP contribution < -0.4 is 14.8 Å². The minimum absolute atomic E-state index is 0.137. The molecule has 1 unspecified atom stereocenters. The number of likely N-dealkylation sites (tertiary alicyclic amines) is 1. The van der Waals surface area contributed by atoms with E-state index in [1.165, 1.54) is 31.4 Å². The molecule has 0 bridgehead atoms. The van der Waals surface area contributed by atoms with Gasteiger partial charge in [-0.25, -0.2) is 14.4 Å². The number of anilines is 2. The first-order valence-electron chi connectivity index (χ1n) is 11.4. The van der Waals surface area contributed by atoms with E-state index in [9.17, 15) is 14.5 Å². The van der Waals surface area contributed by atoms with Crippen LogP contribution in [-0.4, -0.2) is 53.1 Å². The molecule has 10 heteroatoms. The summed E-state index contributed by atoms with van der Waals surface area (Å²) < 4.78 is 25.3. The standard InChI is InChI=1S/C26H24FN5O4/c1-31-10-9-19(15-31)36-24-13-23(35-2)21(12-22(24)32(33)34)29-26-28-14-17-6-4-8-20(25(17)30-26)16-5-3-7-18(27)11-16/h3-8,11-14,19H,9-10,15H2,1-2H3,(H,28,29,30). The average molecular weight is 490 g/mol. The minimum atomic E-state index is -0.484. The summed E-state index contributed by atoms with van der Waals surface area (Å²) in [5.74, 6) is 0.366. The Morgan fingerprint density at radius 3 is 2.72 bits per heavy atom. The quantitative estimate of drug-likeness (QED) is 0.280. The predicted octanol–water partition coefficient (Wildman–Crippen LogP) is 5.18. The Morgan fingerprint density at radius 2 is 2.00 bits per heavy atom. The Balaban J connectivity index is 1.51. The molecule has 184 valence electrons. The molecular formula is C26H24FN5O4. The Bertz CT molecular complexity index is 1450. The maximum absolute atomic E-state index is 13.9. The summed E-state index contributed by atoms with van der Waals surface area (Å²) in [5.41, 5.74) is 2.16.